The molecular weight excluding hydrogens is 341 g/mol. The summed E-state index contributed by atoms with van der Waals surface area (Å²) in [5, 5.41) is 0.0310. The lowest BCUT2D eigenvalue weighted by atomic mass is 10.00. The van der Waals surface area contributed by atoms with Gasteiger partial charge in [-0.05, 0) is 37.7 Å². The maximum Gasteiger partial charge on any atom is 0.227 e. The van der Waals surface area contributed by atoms with Crippen LogP contribution in [0.1, 0.15) is 19.8 Å². The maximum atomic E-state index is 13.7. The van der Waals surface area contributed by atoms with Gasteiger partial charge in [0.25, 0.3) is 0 Å². The van der Waals surface area contributed by atoms with Crippen molar-refractivity contribution in [3.63, 3.8) is 0 Å². The van der Waals surface area contributed by atoms with Crippen molar-refractivity contribution >= 4 is 23.4 Å². The molecule has 1 aliphatic carbocycles. The van der Waals surface area contributed by atoms with E-state index in [0.717, 1.165) is 25.9 Å². The zero-order chi connectivity index (χ0) is 17.8. The first kappa shape index (κ1) is 16.5. The Kier molecular flexibility index (Phi) is 3.85. The molecule has 0 unspecified atom stereocenters. The fourth-order valence-corrected chi connectivity index (χ4v) is 4.53. The summed E-state index contributed by atoms with van der Waals surface area (Å²) < 4.78 is 13.7. The van der Waals surface area contributed by atoms with Crippen LogP contribution in [-0.2, 0) is 0 Å². The molecule has 0 spiro atoms. The molecule has 4 rings (SSSR count). The highest BCUT2D eigenvalue weighted by Crippen LogP contribution is 2.43. The molecule has 2 aromatic rings. The van der Waals surface area contributed by atoms with E-state index >= 15 is 0 Å². The zero-order valence-corrected chi connectivity index (χ0v) is 14.8. The number of anilines is 2. The lowest BCUT2D eigenvalue weighted by Gasteiger charge is -2.23. The van der Waals surface area contributed by atoms with Crippen molar-refractivity contribution in [2.24, 2.45) is 17.6 Å². The Hall–Kier alpha value is -1.92. The molecule has 7 heteroatoms. The van der Waals surface area contributed by atoms with Gasteiger partial charge in [0.05, 0.1) is 5.02 Å². The molecule has 3 atom stereocenters. The number of hydrogen-bond acceptors (Lipinski definition) is 5. The third-order valence-electron chi connectivity index (χ3n) is 5.36. The van der Waals surface area contributed by atoms with Crippen LogP contribution in [0, 0.1) is 17.7 Å². The molecule has 2 aliphatic rings. The molecule has 5 nitrogen and oxygen atoms in total. The Morgan fingerprint density at radius 1 is 1.24 bits per heavy atom. The summed E-state index contributed by atoms with van der Waals surface area (Å²) in [5.74, 6) is 1.59. The van der Waals surface area contributed by atoms with Gasteiger partial charge in [0.2, 0.25) is 5.95 Å². The topological polar surface area (TPSA) is 81.1 Å². The maximum absolute atomic E-state index is 13.7. The van der Waals surface area contributed by atoms with E-state index in [1.54, 1.807) is 18.3 Å². The summed E-state index contributed by atoms with van der Waals surface area (Å²) in [6.07, 6.45) is 3.68. The number of aromatic nitrogens is 2. The third kappa shape index (κ3) is 2.93. The van der Waals surface area contributed by atoms with Crippen molar-refractivity contribution in [1.82, 2.24) is 9.97 Å². The number of nitrogens with zero attached hydrogens (tertiary/aromatic N) is 3. The van der Waals surface area contributed by atoms with Gasteiger partial charge in [0.1, 0.15) is 11.6 Å². The fraction of sp³-hybridized carbons (Fsp3) is 0.444. The Bertz CT molecular complexity index is 809. The molecule has 1 saturated heterocycles. The minimum Gasteiger partial charge on any atom is -0.383 e. The highest BCUT2D eigenvalue weighted by atomic mass is 35.5. The Labute approximate surface area is 151 Å². The van der Waals surface area contributed by atoms with Crippen molar-refractivity contribution in [2.45, 2.75) is 25.3 Å². The molecule has 0 radical (unpaired) electrons. The largest absolute Gasteiger partial charge is 0.383 e. The van der Waals surface area contributed by atoms with Gasteiger partial charge in [-0.1, -0.05) is 23.7 Å². The second kappa shape index (κ2) is 5.81. The van der Waals surface area contributed by atoms with Crippen LogP contribution in [0.2, 0.25) is 5.02 Å². The van der Waals surface area contributed by atoms with Gasteiger partial charge in [-0.25, -0.2) is 9.37 Å². The molecule has 1 saturated carbocycles. The van der Waals surface area contributed by atoms with E-state index in [0.29, 0.717) is 34.7 Å². The standard InChI is InChI=1S/C18H21ClFN5/c1-18(22)5-10-8-25(9-11(10)6-18)17-23-7-13(16(21)24-17)12-3-2-4-14(20)15(12)19/h2-4,7,10-11H,5-6,8-9,22H2,1H3,(H2,21,23,24)/t10-,11+,18-. The molecule has 2 heterocycles. The molecule has 2 fully saturated rings. The Morgan fingerprint density at radius 2 is 1.92 bits per heavy atom. The van der Waals surface area contributed by atoms with Crippen LogP contribution in [0.5, 0.6) is 0 Å². The van der Waals surface area contributed by atoms with E-state index < -0.39 is 5.82 Å². The van der Waals surface area contributed by atoms with Crippen LogP contribution in [0.3, 0.4) is 0 Å². The lowest BCUT2D eigenvalue weighted by molar-refractivity contribution is 0.449. The predicted molar refractivity (Wildman–Crippen MR) is 97.9 cm³/mol. The fourth-order valence-electron chi connectivity index (χ4n) is 4.30. The number of benzene rings is 1. The van der Waals surface area contributed by atoms with Crippen LogP contribution in [0.4, 0.5) is 16.2 Å². The first-order chi connectivity index (χ1) is 11.8. The van der Waals surface area contributed by atoms with Crippen molar-refractivity contribution in [3.8, 4) is 11.1 Å². The monoisotopic (exact) mass is 361 g/mol. The summed E-state index contributed by atoms with van der Waals surface area (Å²) in [6.45, 7) is 3.93. The number of nitrogens with two attached hydrogens (primary N) is 2. The van der Waals surface area contributed by atoms with Crippen molar-refractivity contribution < 1.29 is 4.39 Å². The van der Waals surface area contributed by atoms with Gasteiger partial charge >= 0.3 is 0 Å². The minimum absolute atomic E-state index is 0.0310. The van der Waals surface area contributed by atoms with E-state index in [4.69, 9.17) is 23.1 Å². The summed E-state index contributed by atoms with van der Waals surface area (Å²) in [7, 11) is 0. The quantitative estimate of drug-likeness (QED) is 0.859. The van der Waals surface area contributed by atoms with Gasteiger partial charge in [0.15, 0.2) is 0 Å². The van der Waals surface area contributed by atoms with Crippen LogP contribution in [-0.4, -0.2) is 28.6 Å². The molecule has 4 N–H and O–H groups in total. The molecule has 1 aromatic carbocycles. The van der Waals surface area contributed by atoms with Gasteiger partial charge in [-0.15, -0.1) is 0 Å². The number of rotatable bonds is 2. The SMILES string of the molecule is C[C@]1(N)C[C@H]2CN(c3ncc(-c4cccc(F)c4Cl)c(N)n3)C[C@H]2C1. The molecule has 0 amide bonds. The highest BCUT2D eigenvalue weighted by molar-refractivity contribution is 6.33. The van der Waals surface area contributed by atoms with Crippen LogP contribution < -0.4 is 16.4 Å². The highest BCUT2D eigenvalue weighted by Gasteiger charge is 2.45. The van der Waals surface area contributed by atoms with Gasteiger partial charge in [-0.3, -0.25) is 0 Å². The van der Waals surface area contributed by atoms with Gasteiger partial charge < -0.3 is 16.4 Å². The number of fused-ring (bicyclic) bond motifs is 1. The van der Waals surface area contributed by atoms with Crippen LogP contribution in [0.15, 0.2) is 24.4 Å². The van der Waals surface area contributed by atoms with Crippen molar-refractivity contribution in [2.75, 3.05) is 23.7 Å². The molecule has 25 heavy (non-hydrogen) atoms. The smallest absolute Gasteiger partial charge is 0.227 e. The Balaban J connectivity index is 1.58. The van der Waals surface area contributed by atoms with E-state index in [9.17, 15) is 4.39 Å². The number of halogens is 2. The van der Waals surface area contributed by atoms with Gasteiger partial charge in [-0.2, -0.15) is 4.98 Å². The predicted octanol–water partition coefficient (Wildman–Crippen LogP) is 3.08. The van der Waals surface area contributed by atoms with Crippen LogP contribution in [0.25, 0.3) is 11.1 Å². The van der Waals surface area contributed by atoms with E-state index in [-0.39, 0.29) is 10.6 Å². The number of nitrogen functional groups attached to an aromatic ring is 1. The second-order valence-electron chi connectivity index (χ2n) is 7.56. The molecule has 1 aromatic heterocycles. The van der Waals surface area contributed by atoms with Crippen LogP contribution >= 0.6 is 11.6 Å². The molecular formula is C18H21ClFN5. The summed E-state index contributed by atoms with van der Waals surface area (Å²) in [6, 6.07) is 4.61. The average Bonchev–Trinajstić information content (AvgIpc) is 3.04. The van der Waals surface area contributed by atoms with Crippen molar-refractivity contribution in [3.05, 3.63) is 35.2 Å². The average molecular weight is 362 g/mol. The van der Waals surface area contributed by atoms with Gasteiger partial charge in [0, 0.05) is 36.0 Å². The minimum atomic E-state index is -0.486. The van der Waals surface area contributed by atoms with E-state index in [1.165, 1.54) is 6.07 Å². The third-order valence-corrected chi connectivity index (χ3v) is 5.75. The van der Waals surface area contributed by atoms with E-state index in [2.05, 4.69) is 21.8 Å². The zero-order valence-electron chi connectivity index (χ0n) is 14.0. The first-order valence-corrected chi connectivity index (χ1v) is 8.82. The lowest BCUT2D eigenvalue weighted by Crippen LogP contribution is -2.35. The summed E-state index contributed by atoms with van der Waals surface area (Å²) >= 11 is 6.05. The number of hydrogen-bond donors (Lipinski definition) is 2. The first-order valence-electron chi connectivity index (χ1n) is 8.45. The second-order valence-corrected chi connectivity index (χ2v) is 7.94. The molecule has 1 aliphatic heterocycles. The van der Waals surface area contributed by atoms with E-state index in [1.807, 2.05) is 0 Å². The Morgan fingerprint density at radius 3 is 2.56 bits per heavy atom. The summed E-state index contributed by atoms with van der Waals surface area (Å²) in [5.41, 5.74) is 13.4. The normalized spacial score (nSPS) is 28.4. The molecule has 0 bridgehead atoms. The van der Waals surface area contributed by atoms with Crippen molar-refractivity contribution in [1.29, 1.82) is 0 Å². The molecule has 132 valence electrons. The summed E-state index contributed by atoms with van der Waals surface area (Å²) in [4.78, 5) is 11.1.